The first-order valence-corrected chi connectivity index (χ1v) is 8.09. The number of hydrogen-bond donors (Lipinski definition) is 2. The third-order valence-corrected chi connectivity index (χ3v) is 3.36. The van der Waals surface area contributed by atoms with Crippen LogP contribution >= 0.6 is 0 Å². The Morgan fingerprint density at radius 2 is 1.69 bits per heavy atom. The van der Waals surface area contributed by atoms with E-state index in [1.807, 2.05) is 31.2 Å². The lowest BCUT2D eigenvalue weighted by Crippen LogP contribution is -2.34. The van der Waals surface area contributed by atoms with Crippen LogP contribution in [-0.2, 0) is 4.79 Å². The molecule has 0 heterocycles. The standard InChI is InChI=1S/C19H21N3O4/c1-3-26-17-8-4-14(5-9-17)12-21-22-18(23)13-20-19(24)15-6-10-16(25-2)11-7-15/h4-12H,3,13H2,1-2H3,(H,20,24)(H,22,23). The zero-order valence-corrected chi connectivity index (χ0v) is 14.7. The van der Waals surface area contributed by atoms with Crippen molar-refractivity contribution in [3.8, 4) is 11.5 Å². The minimum atomic E-state index is -0.422. The highest BCUT2D eigenvalue weighted by atomic mass is 16.5. The van der Waals surface area contributed by atoms with Crippen LogP contribution in [0.1, 0.15) is 22.8 Å². The van der Waals surface area contributed by atoms with E-state index >= 15 is 0 Å². The molecule has 0 aromatic heterocycles. The van der Waals surface area contributed by atoms with Crippen molar-refractivity contribution in [2.45, 2.75) is 6.92 Å². The highest BCUT2D eigenvalue weighted by molar-refractivity contribution is 5.96. The van der Waals surface area contributed by atoms with Crippen LogP contribution < -0.4 is 20.2 Å². The minimum absolute atomic E-state index is 0.175. The summed E-state index contributed by atoms with van der Waals surface area (Å²) in [4.78, 5) is 23.7. The summed E-state index contributed by atoms with van der Waals surface area (Å²) in [7, 11) is 1.55. The number of hydrazone groups is 1. The monoisotopic (exact) mass is 355 g/mol. The molecule has 0 saturated heterocycles. The van der Waals surface area contributed by atoms with E-state index in [2.05, 4.69) is 15.8 Å². The zero-order valence-electron chi connectivity index (χ0n) is 14.7. The van der Waals surface area contributed by atoms with Crippen LogP contribution in [0, 0.1) is 0 Å². The van der Waals surface area contributed by atoms with Gasteiger partial charge in [-0.25, -0.2) is 5.43 Å². The Balaban J connectivity index is 1.76. The maximum Gasteiger partial charge on any atom is 0.259 e. The number of hydrogen-bond acceptors (Lipinski definition) is 5. The van der Waals surface area contributed by atoms with Crippen molar-refractivity contribution in [1.82, 2.24) is 10.7 Å². The average Bonchev–Trinajstić information content (AvgIpc) is 2.68. The van der Waals surface area contributed by atoms with E-state index in [0.29, 0.717) is 17.9 Å². The van der Waals surface area contributed by atoms with Gasteiger partial charge in [0, 0.05) is 5.56 Å². The number of rotatable bonds is 8. The van der Waals surface area contributed by atoms with Gasteiger partial charge in [0.2, 0.25) is 0 Å². The number of ether oxygens (including phenoxy) is 2. The van der Waals surface area contributed by atoms with Gasteiger partial charge < -0.3 is 14.8 Å². The topological polar surface area (TPSA) is 89.0 Å². The van der Waals surface area contributed by atoms with Gasteiger partial charge in [-0.1, -0.05) is 0 Å². The van der Waals surface area contributed by atoms with Crippen molar-refractivity contribution in [2.24, 2.45) is 5.10 Å². The number of carbonyl (C=O) groups excluding carboxylic acids is 2. The van der Waals surface area contributed by atoms with E-state index in [-0.39, 0.29) is 12.5 Å². The molecular formula is C19H21N3O4. The molecular weight excluding hydrogens is 334 g/mol. The Morgan fingerprint density at radius 3 is 2.31 bits per heavy atom. The number of benzene rings is 2. The van der Waals surface area contributed by atoms with E-state index in [1.165, 1.54) is 6.21 Å². The summed E-state index contributed by atoms with van der Waals surface area (Å²) in [6.07, 6.45) is 1.51. The van der Waals surface area contributed by atoms with E-state index in [0.717, 1.165) is 11.3 Å². The van der Waals surface area contributed by atoms with Crippen LogP contribution in [-0.4, -0.2) is 38.3 Å². The number of amides is 2. The highest BCUT2D eigenvalue weighted by Gasteiger charge is 2.07. The van der Waals surface area contributed by atoms with Gasteiger partial charge in [0.15, 0.2) is 0 Å². The number of nitrogens with zero attached hydrogens (tertiary/aromatic N) is 1. The van der Waals surface area contributed by atoms with E-state index in [9.17, 15) is 9.59 Å². The second-order valence-electron chi connectivity index (χ2n) is 5.21. The number of nitrogens with one attached hydrogen (secondary N) is 2. The lowest BCUT2D eigenvalue weighted by atomic mass is 10.2. The third-order valence-electron chi connectivity index (χ3n) is 3.36. The summed E-state index contributed by atoms with van der Waals surface area (Å²) in [5.41, 5.74) is 3.62. The molecule has 136 valence electrons. The zero-order chi connectivity index (χ0) is 18.8. The molecule has 0 aliphatic heterocycles. The quantitative estimate of drug-likeness (QED) is 0.560. The Bertz CT molecular complexity index is 755. The lowest BCUT2D eigenvalue weighted by Gasteiger charge is -2.05. The molecule has 0 aliphatic carbocycles. The van der Waals surface area contributed by atoms with Gasteiger partial charge in [-0.05, 0) is 61.0 Å². The van der Waals surface area contributed by atoms with Gasteiger partial charge in [0.1, 0.15) is 11.5 Å². The predicted molar refractivity (Wildman–Crippen MR) is 98.7 cm³/mol. The van der Waals surface area contributed by atoms with Crippen molar-refractivity contribution < 1.29 is 19.1 Å². The fraction of sp³-hybridized carbons (Fsp3) is 0.211. The molecule has 0 bridgehead atoms. The van der Waals surface area contributed by atoms with Crippen LogP contribution in [0.15, 0.2) is 53.6 Å². The Labute approximate surface area is 152 Å². The minimum Gasteiger partial charge on any atom is -0.497 e. The normalized spacial score (nSPS) is 10.4. The first kappa shape index (κ1) is 19.0. The summed E-state index contributed by atoms with van der Waals surface area (Å²) in [5.74, 6) is 0.658. The molecule has 0 saturated carbocycles. The van der Waals surface area contributed by atoms with Gasteiger partial charge >= 0.3 is 0 Å². The molecule has 2 N–H and O–H groups in total. The number of carbonyl (C=O) groups is 2. The van der Waals surface area contributed by atoms with Gasteiger partial charge in [0.25, 0.3) is 11.8 Å². The molecule has 0 aliphatic rings. The van der Waals surface area contributed by atoms with Crippen LogP contribution in [0.3, 0.4) is 0 Å². The molecule has 2 aromatic rings. The van der Waals surface area contributed by atoms with Crippen molar-refractivity contribution in [2.75, 3.05) is 20.3 Å². The summed E-state index contributed by atoms with van der Waals surface area (Å²) in [5, 5.41) is 6.38. The second kappa shape index (κ2) is 9.83. The maximum absolute atomic E-state index is 11.9. The molecule has 0 radical (unpaired) electrons. The van der Waals surface area contributed by atoms with Crippen LogP contribution in [0.4, 0.5) is 0 Å². The van der Waals surface area contributed by atoms with Gasteiger partial charge in [-0.15, -0.1) is 0 Å². The summed E-state index contributed by atoms with van der Waals surface area (Å²) >= 11 is 0. The maximum atomic E-state index is 11.9. The molecule has 26 heavy (non-hydrogen) atoms. The Kier molecular flexibility index (Phi) is 7.17. The lowest BCUT2D eigenvalue weighted by molar-refractivity contribution is -0.120. The molecule has 2 rings (SSSR count). The van der Waals surface area contributed by atoms with E-state index in [4.69, 9.17) is 9.47 Å². The summed E-state index contributed by atoms with van der Waals surface area (Å²) in [6.45, 7) is 2.34. The van der Waals surface area contributed by atoms with Crippen LogP contribution in [0.2, 0.25) is 0 Å². The van der Waals surface area contributed by atoms with E-state index in [1.54, 1.807) is 31.4 Å². The first-order chi connectivity index (χ1) is 12.6. The van der Waals surface area contributed by atoms with Gasteiger partial charge in [0.05, 0.1) is 26.5 Å². The second-order valence-corrected chi connectivity index (χ2v) is 5.21. The largest absolute Gasteiger partial charge is 0.497 e. The van der Waals surface area contributed by atoms with Crippen molar-refractivity contribution >= 4 is 18.0 Å². The van der Waals surface area contributed by atoms with E-state index < -0.39 is 5.91 Å². The predicted octanol–water partition coefficient (Wildman–Crippen LogP) is 1.97. The van der Waals surface area contributed by atoms with Crippen molar-refractivity contribution in [1.29, 1.82) is 0 Å². The average molecular weight is 355 g/mol. The molecule has 0 spiro atoms. The molecule has 7 heteroatoms. The Hall–Kier alpha value is -3.35. The van der Waals surface area contributed by atoms with Crippen LogP contribution in [0.5, 0.6) is 11.5 Å². The molecule has 2 aromatic carbocycles. The molecule has 0 atom stereocenters. The Morgan fingerprint density at radius 1 is 1.04 bits per heavy atom. The highest BCUT2D eigenvalue weighted by Crippen LogP contribution is 2.11. The molecule has 2 amide bonds. The molecule has 0 unspecified atom stereocenters. The fourth-order valence-corrected chi connectivity index (χ4v) is 2.04. The number of methoxy groups -OCH3 is 1. The third kappa shape index (κ3) is 5.94. The molecule has 0 fully saturated rings. The first-order valence-electron chi connectivity index (χ1n) is 8.09. The smallest absolute Gasteiger partial charge is 0.259 e. The summed E-state index contributed by atoms with van der Waals surface area (Å²) < 4.78 is 10.4. The van der Waals surface area contributed by atoms with Gasteiger partial charge in [-0.3, -0.25) is 9.59 Å². The molecule has 7 nitrogen and oxygen atoms in total. The van der Waals surface area contributed by atoms with Crippen molar-refractivity contribution in [3.05, 3.63) is 59.7 Å². The van der Waals surface area contributed by atoms with Crippen LogP contribution in [0.25, 0.3) is 0 Å². The van der Waals surface area contributed by atoms with Crippen molar-refractivity contribution in [3.63, 3.8) is 0 Å². The van der Waals surface area contributed by atoms with Gasteiger partial charge in [-0.2, -0.15) is 5.10 Å². The SMILES string of the molecule is CCOc1ccc(C=NNC(=O)CNC(=O)c2ccc(OC)cc2)cc1. The summed E-state index contributed by atoms with van der Waals surface area (Å²) in [6, 6.07) is 13.9. The fourth-order valence-electron chi connectivity index (χ4n) is 2.04.